The zero-order chi connectivity index (χ0) is 27.2. The number of alkyl carbamates (subject to hydrolysis) is 1. The molecule has 0 spiro atoms. The van der Waals surface area contributed by atoms with Crippen LogP contribution in [0.25, 0.3) is 0 Å². The Kier molecular flexibility index (Phi) is 7.12. The molecule has 0 aromatic heterocycles. The fourth-order valence-electron chi connectivity index (χ4n) is 7.14. The minimum Gasteiger partial charge on any atom is -0.444 e. The van der Waals surface area contributed by atoms with Gasteiger partial charge in [0.25, 0.3) is 0 Å². The topological polar surface area (TPSA) is 106 Å². The molecule has 5 rings (SSSR count). The first-order valence-electron chi connectivity index (χ1n) is 13.8. The lowest BCUT2D eigenvalue weighted by Gasteiger charge is -2.35. The van der Waals surface area contributed by atoms with E-state index in [2.05, 4.69) is 23.3 Å². The molecule has 7 atom stereocenters. The summed E-state index contributed by atoms with van der Waals surface area (Å²) in [5, 5.41) is 12.7. The molecule has 1 unspecified atom stereocenters. The zero-order valence-electron chi connectivity index (χ0n) is 22.8. The molecule has 1 aromatic rings. The minimum atomic E-state index is -0.732. The molecule has 9 nitrogen and oxygen atoms in total. The smallest absolute Gasteiger partial charge is 0.408 e. The van der Waals surface area contributed by atoms with Crippen molar-refractivity contribution in [1.29, 1.82) is 5.26 Å². The number of benzene rings is 1. The van der Waals surface area contributed by atoms with E-state index in [4.69, 9.17) is 4.74 Å². The summed E-state index contributed by atoms with van der Waals surface area (Å²) in [4.78, 5) is 46.5. The van der Waals surface area contributed by atoms with E-state index in [0.29, 0.717) is 25.9 Å². The fraction of sp³-hybridized carbons (Fsp3) is 0.655. The molecule has 38 heavy (non-hydrogen) atoms. The number of nitrogens with one attached hydrogen (secondary N) is 1. The fourth-order valence-corrected chi connectivity index (χ4v) is 7.14. The molecule has 0 aliphatic carbocycles. The Morgan fingerprint density at radius 3 is 2.50 bits per heavy atom. The highest BCUT2D eigenvalue weighted by molar-refractivity contribution is 5.92. The molecular formula is C29H39N5O4. The average molecular weight is 522 g/mol. The van der Waals surface area contributed by atoms with Crippen molar-refractivity contribution < 1.29 is 19.1 Å². The molecule has 0 saturated carbocycles. The molecule has 4 fully saturated rings. The Bertz CT molecular complexity index is 1110. The number of nitriles is 1. The third-order valence-corrected chi connectivity index (χ3v) is 8.69. The van der Waals surface area contributed by atoms with Crippen LogP contribution in [0.4, 0.5) is 4.79 Å². The third kappa shape index (κ3) is 5.11. The van der Waals surface area contributed by atoms with E-state index < -0.39 is 23.8 Å². The molecule has 0 bridgehead atoms. The van der Waals surface area contributed by atoms with Crippen LogP contribution in [0.2, 0.25) is 0 Å². The third-order valence-electron chi connectivity index (χ3n) is 8.69. The molecule has 0 radical (unpaired) electrons. The van der Waals surface area contributed by atoms with Gasteiger partial charge in [0.15, 0.2) is 0 Å². The number of amides is 3. The highest BCUT2D eigenvalue weighted by atomic mass is 16.6. The van der Waals surface area contributed by atoms with Gasteiger partial charge in [0.2, 0.25) is 11.8 Å². The van der Waals surface area contributed by atoms with Crippen molar-refractivity contribution in [2.75, 3.05) is 33.2 Å². The SMILES string of the molecule is CN1CC2C[C@H](NC(=O)OC(C)(C)C)C(=O)N3[C@H](CC[C@H]3C(=O)N3C[C@H](c4ccccc4)[C@@H](C#N)C3)[C@H]2C1. The number of carbonyl (C=O) groups is 3. The molecule has 3 amide bonds. The van der Waals surface area contributed by atoms with Crippen molar-refractivity contribution in [3.05, 3.63) is 35.9 Å². The van der Waals surface area contributed by atoms with Crippen molar-refractivity contribution in [3.8, 4) is 6.07 Å². The van der Waals surface area contributed by atoms with E-state index >= 15 is 0 Å². The van der Waals surface area contributed by atoms with Gasteiger partial charge in [-0.15, -0.1) is 0 Å². The Morgan fingerprint density at radius 2 is 1.82 bits per heavy atom. The molecular weight excluding hydrogens is 482 g/mol. The van der Waals surface area contributed by atoms with E-state index in [1.807, 2.05) is 30.3 Å². The first-order valence-corrected chi connectivity index (χ1v) is 13.8. The van der Waals surface area contributed by atoms with Gasteiger partial charge >= 0.3 is 6.09 Å². The maximum atomic E-state index is 14.0. The van der Waals surface area contributed by atoms with Gasteiger partial charge in [0.1, 0.15) is 17.7 Å². The van der Waals surface area contributed by atoms with Crippen LogP contribution in [-0.2, 0) is 14.3 Å². The second-order valence-electron chi connectivity index (χ2n) is 12.5. The van der Waals surface area contributed by atoms with Crippen LogP contribution in [0.5, 0.6) is 0 Å². The van der Waals surface area contributed by atoms with Gasteiger partial charge in [-0.25, -0.2) is 4.79 Å². The highest BCUT2D eigenvalue weighted by Gasteiger charge is 2.54. The summed E-state index contributed by atoms with van der Waals surface area (Å²) >= 11 is 0. The van der Waals surface area contributed by atoms with Gasteiger partial charge in [0.05, 0.1) is 12.0 Å². The largest absolute Gasteiger partial charge is 0.444 e. The molecule has 9 heteroatoms. The van der Waals surface area contributed by atoms with E-state index in [1.165, 1.54) is 0 Å². The highest BCUT2D eigenvalue weighted by Crippen LogP contribution is 2.43. The molecule has 1 aromatic carbocycles. The number of likely N-dealkylation sites (tertiary alicyclic amines) is 2. The Labute approximate surface area is 225 Å². The number of ether oxygens (including phenoxy) is 1. The van der Waals surface area contributed by atoms with Crippen LogP contribution in [0.15, 0.2) is 30.3 Å². The predicted molar refractivity (Wildman–Crippen MR) is 141 cm³/mol. The van der Waals surface area contributed by atoms with Crippen LogP contribution in [0.3, 0.4) is 0 Å². The van der Waals surface area contributed by atoms with Crippen LogP contribution >= 0.6 is 0 Å². The quantitative estimate of drug-likeness (QED) is 0.656. The van der Waals surface area contributed by atoms with Gasteiger partial charge in [-0.05, 0) is 64.5 Å². The lowest BCUT2D eigenvalue weighted by Crippen LogP contribution is -2.56. The Morgan fingerprint density at radius 1 is 1.08 bits per heavy atom. The van der Waals surface area contributed by atoms with Gasteiger partial charge in [0, 0.05) is 38.1 Å². The minimum absolute atomic E-state index is 0.0314. The Balaban J connectivity index is 1.38. The molecule has 1 N–H and O–H groups in total. The van der Waals surface area contributed by atoms with Crippen molar-refractivity contribution in [2.24, 2.45) is 17.8 Å². The monoisotopic (exact) mass is 521 g/mol. The van der Waals surface area contributed by atoms with Crippen molar-refractivity contribution in [3.63, 3.8) is 0 Å². The van der Waals surface area contributed by atoms with E-state index in [1.54, 1.807) is 30.6 Å². The summed E-state index contributed by atoms with van der Waals surface area (Å²) in [6.07, 6.45) is 1.30. The summed E-state index contributed by atoms with van der Waals surface area (Å²) in [6.45, 7) is 7.95. The normalized spacial score (nSPS) is 33.3. The first kappa shape index (κ1) is 26.5. The second-order valence-corrected chi connectivity index (χ2v) is 12.5. The van der Waals surface area contributed by atoms with Crippen molar-refractivity contribution >= 4 is 17.9 Å². The van der Waals surface area contributed by atoms with Crippen LogP contribution < -0.4 is 5.32 Å². The lowest BCUT2D eigenvalue weighted by atomic mass is 9.85. The molecule has 4 heterocycles. The standard InChI is InChI=1S/C29H39N5O4/c1-29(2,3)38-28(37)31-23-12-19-14-32(4)16-22(19)24-10-11-25(34(24)26(23)35)27(36)33-15-20(13-30)21(17-33)18-8-6-5-7-9-18/h5-9,19-25H,10-12,14-17H2,1-4H3,(H,31,37)/t19?,20-,21+,22-,23-,24+,25-/m0/s1. The van der Waals surface area contributed by atoms with Crippen molar-refractivity contribution in [2.45, 2.75) is 69.7 Å². The van der Waals surface area contributed by atoms with Gasteiger partial charge in [-0.1, -0.05) is 30.3 Å². The second kappa shape index (κ2) is 10.2. The summed E-state index contributed by atoms with van der Waals surface area (Å²) in [7, 11) is 2.09. The number of fused-ring (bicyclic) bond motifs is 3. The molecule has 4 aliphatic heterocycles. The summed E-state index contributed by atoms with van der Waals surface area (Å²) in [6, 6.07) is 10.9. The number of hydrogen-bond donors (Lipinski definition) is 1. The molecule has 204 valence electrons. The van der Waals surface area contributed by atoms with Crippen LogP contribution in [0, 0.1) is 29.1 Å². The number of nitrogens with zero attached hydrogens (tertiary/aromatic N) is 4. The zero-order valence-corrected chi connectivity index (χ0v) is 22.8. The van der Waals surface area contributed by atoms with Crippen LogP contribution in [0.1, 0.15) is 51.5 Å². The lowest BCUT2D eigenvalue weighted by molar-refractivity contribution is -0.146. The molecule has 4 saturated heterocycles. The number of rotatable bonds is 3. The summed E-state index contributed by atoms with van der Waals surface area (Å²) in [5.74, 6) is -0.0890. The molecule has 4 aliphatic rings. The average Bonchev–Trinajstić information content (AvgIpc) is 3.57. The summed E-state index contributed by atoms with van der Waals surface area (Å²) < 4.78 is 5.47. The summed E-state index contributed by atoms with van der Waals surface area (Å²) in [5.41, 5.74) is 0.383. The predicted octanol–water partition coefficient (Wildman–Crippen LogP) is 2.59. The maximum Gasteiger partial charge on any atom is 0.408 e. The van der Waals surface area contributed by atoms with E-state index in [-0.39, 0.29) is 41.5 Å². The first-order chi connectivity index (χ1) is 18.1. The van der Waals surface area contributed by atoms with Gasteiger partial charge in [-0.3, -0.25) is 9.59 Å². The van der Waals surface area contributed by atoms with Gasteiger partial charge in [-0.2, -0.15) is 5.26 Å². The Hall–Kier alpha value is -3.12. The van der Waals surface area contributed by atoms with E-state index in [9.17, 15) is 19.6 Å². The van der Waals surface area contributed by atoms with Crippen LogP contribution in [-0.4, -0.2) is 89.6 Å². The maximum absolute atomic E-state index is 14.0. The van der Waals surface area contributed by atoms with E-state index in [0.717, 1.165) is 25.1 Å². The number of carbonyl (C=O) groups excluding carboxylic acids is 3. The van der Waals surface area contributed by atoms with Gasteiger partial charge < -0.3 is 24.8 Å². The number of hydrogen-bond acceptors (Lipinski definition) is 6. The van der Waals surface area contributed by atoms with Crippen molar-refractivity contribution in [1.82, 2.24) is 20.0 Å².